The number of amides is 3. The third kappa shape index (κ3) is 4.59. The van der Waals surface area contributed by atoms with Crippen molar-refractivity contribution in [2.45, 2.75) is 19.4 Å². The SMILES string of the molecule is O=C(NCc1ccccc1-n1ccnc1)N1CCC(C(=O)N2CCOCC2)CC1. The Balaban J connectivity index is 1.28. The van der Waals surface area contributed by atoms with Gasteiger partial charge < -0.3 is 24.4 Å². The molecular weight excluding hydrogens is 370 g/mol. The zero-order valence-electron chi connectivity index (χ0n) is 16.5. The number of benzene rings is 1. The lowest BCUT2D eigenvalue weighted by molar-refractivity contribution is -0.141. The van der Waals surface area contributed by atoms with E-state index in [9.17, 15) is 9.59 Å². The summed E-state index contributed by atoms with van der Waals surface area (Å²) < 4.78 is 7.26. The number of aromatic nitrogens is 2. The highest BCUT2D eigenvalue weighted by molar-refractivity contribution is 5.80. The Morgan fingerprint density at radius 2 is 1.83 bits per heavy atom. The van der Waals surface area contributed by atoms with Gasteiger partial charge in [0.1, 0.15) is 0 Å². The van der Waals surface area contributed by atoms with Crippen LogP contribution in [0.4, 0.5) is 4.79 Å². The summed E-state index contributed by atoms with van der Waals surface area (Å²) >= 11 is 0. The van der Waals surface area contributed by atoms with Crippen LogP contribution in [0.1, 0.15) is 18.4 Å². The van der Waals surface area contributed by atoms with E-state index in [-0.39, 0.29) is 17.9 Å². The van der Waals surface area contributed by atoms with Crippen molar-refractivity contribution in [2.75, 3.05) is 39.4 Å². The fourth-order valence-electron chi connectivity index (χ4n) is 3.97. The van der Waals surface area contributed by atoms with Crippen LogP contribution in [0.3, 0.4) is 0 Å². The molecule has 3 heterocycles. The molecule has 4 rings (SSSR count). The number of likely N-dealkylation sites (tertiary alicyclic amines) is 1. The maximum absolute atomic E-state index is 12.6. The molecule has 0 atom stereocenters. The molecule has 2 aromatic rings. The molecule has 8 nitrogen and oxygen atoms in total. The van der Waals surface area contributed by atoms with Gasteiger partial charge in [-0.25, -0.2) is 9.78 Å². The van der Waals surface area contributed by atoms with Crippen LogP contribution in [0.5, 0.6) is 0 Å². The smallest absolute Gasteiger partial charge is 0.317 e. The molecule has 2 aliphatic rings. The topological polar surface area (TPSA) is 79.7 Å². The minimum atomic E-state index is -0.0808. The van der Waals surface area contributed by atoms with E-state index in [2.05, 4.69) is 10.3 Å². The lowest BCUT2D eigenvalue weighted by atomic mass is 9.95. The van der Waals surface area contributed by atoms with Gasteiger partial charge in [0.05, 0.1) is 25.2 Å². The minimum absolute atomic E-state index is 0.0131. The summed E-state index contributed by atoms with van der Waals surface area (Å²) in [5.41, 5.74) is 2.02. The van der Waals surface area contributed by atoms with Gasteiger partial charge in [0.2, 0.25) is 5.91 Å². The van der Waals surface area contributed by atoms with Crippen LogP contribution >= 0.6 is 0 Å². The van der Waals surface area contributed by atoms with E-state index < -0.39 is 0 Å². The molecule has 0 saturated carbocycles. The Labute approximate surface area is 170 Å². The van der Waals surface area contributed by atoms with Crippen molar-refractivity contribution in [1.82, 2.24) is 24.7 Å². The Morgan fingerprint density at radius 1 is 1.07 bits per heavy atom. The Morgan fingerprint density at radius 3 is 2.55 bits per heavy atom. The highest BCUT2D eigenvalue weighted by Gasteiger charge is 2.30. The molecule has 1 N–H and O–H groups in total. The van der Waals surface area contributed by atoms with Crippen molar-refractivity contribution in [3.63, 3.8) is 0 Å². The number of nitrogens with zero attached hydrogens (tertiary/aromatic N) is 4. The minimum Gasteiger partial charge on any atom is -0.378 e. The van der Waals surface area contributed by atoms with E-state index in [1.807, 2.05) is 44.8 Å². The van der Waals surface area contributed by atoms with E-state index in [1.165, 1.54) is 0 Å². The van der Waals surface area contributed by atoms with Crippen molar-refractivity contribution in [1.29, 1.82) is 0 Å². The fraction of sp³-hybridized carbons (Fsp3) is 0.476. The number of imidazole rings is 1. The zero-order chi connectivity index (χ0) is 20.1. The number of urea groups is 1. The number of piperidine rings is 1. The summed E-state index contributed by atoms with van der Waals surface area (Å²) in [5.74, 6) is 0.224. The van der Waals surface area contributed by atoms with Crippen LogP contribution in [0, 0.1) is 5.92 Å². The standard InChI is InChI=1S/C21H27N5O3/c27-20(24-11-13-29-14-12-24)17-5-8-25(9-6-17)21(28)23-15-18-3-1-2-4-19(18)26-10-7-22-16-26/h1-4,7,10,16-17H,5-6,8-9,11-15H2,(H,23,28). The Bertz CT molecular complexity index is 825. The van der Waals surface area contributed by atoms with E-state index >= 15 is 0 Å². The number of para-hydroxylation sites is 1. The van der Waals surface area contributed by atoms with Gasteiger partial charge in [-0.3, -0.25) is 4.79 Å². The Kier molecular flexibility index (Phi) is 6.09. The van der Waals surface area contributed by atoms with Crippen LogP contribution in [0.25, 0.3) is 5.69 Å². The predicted octanol–water partition coefficient (Wildman–Crippen LogP) is 1.65. The molecule has 8 heteroatoms. The molecule has 0 aliphatic carbocycles. The fourth-order valence-corrected chi connectivity index (χ4v) is 3.97. The molecule has 1 aromatic heterocycles. The van der Waals surface area contributed by atoms with Crippen molar-refractivity contribution < 1.29 is 14.3 Å². The van der Waals surface area contributed by atoms with Crippen molar-refractivity contribution in [3.8, 4) is 5.69 Å². The lowest BCUT2D eigenvalue weighted by Gasteiger charge is -2.35. The molecule has 154 valence electrons. The van der Waals surface area contributed by atoms with E-state index in [4.69, 9.17) is 4.74 Å². The number of rotatable bonds is 4. The first-order valence-corrected chi connectivity index (χ1v) is 10.2. The van der Waals surface area contributed by atoms with Gasteiger partial charge >= 0.3 is 6.03 Å². The molecular formula is C21H27N5O3. The van der Waals surface area contributed by atoms with Crippen LogP contribution in [0.2, 0.25) is 0 Å². The van der Waals surface area contributed by atoms with Gasteiger partial charge in [0.15, 0.2) is 0 Å². The third-order valence-corrected chi connectivity index (χ3v) is 5.66. The van der Waals surface area contributed by atoms with E-state index in [0.717, 1.165) is 24.1 Å². The van der Waals surface area contributed by atoms with E-state index in [0.29, 0.717) is 45.9 Å². The number of carbonyl (C=O) groups excluding carboxylic acids is 2. The number of ether oxygens (including phenoxy) is 1. The maximum atomic E-state index is 12.6. The van der Waals surface area contributed by atoms with Gasteiger partial charge in [-0.05, 0) is 24.5 Å². The van der Waals surface area contributed by atoms with Crippen molar-refractivity contribution in [3.05, 3.63) is 48.5 Å². The summed E-state index contributed by atoms with van der Waals surface area (Å²) in [6.45, 7) is 4.25. The second kappa shape index (κ2) is 9.09. The third-order valence-electron chi connectivity index (χ3n) is 5.66. The summed E-state index contributed by atoms with van der Waals surface area (Å²) in [4.78, 5) is 33.1. The van der Waals surface area contributed by atoms with Crippen LogP contribution in [0.15, 0.2) is 43.0 Å². The first-order valence-electron chi connectivity index (χ1n) is 10.2. The van der Waals surface area contributed by atoms with Gasteiger partial charge in [-0.1, -0.05) is 18.2 Å². The zero-order valence-corrected chi connectivity index (χ0v) is 16.5. The van der Waals surface area contributed by atoms with Crippen molar-refractivity contribution in [2.24, 2.45) is 5.92 Å². The predicted molar refractivity (Wildman–Crippen MR) is 107 cm³/mol. The second-order valence-corrected chi connectivity index (χ2v) is 7.46. The average Bonchev–Trinajstić information content (AvgIpc) is 3.33. The molecule has 0 unspecified atom stereocenters. The highest BCUT2D eigenvalue weighted by atomic mass is 16.5. The maximum Gasteiger partial charge on any atom is 0.317 e. The first-order chi connectivity index (χ1) is 14.2. The van der Waals surface area contributed by atoms with Gasteiger partial charge in [-0.2, -0.15) is 0 Å². The summed E-state index contributed by atoms with van der Waals surface area (Å²) in [6.07, 6.45) is 6.80. The molecule has 0 radical (unpaired) electrons. The summed E-state index contributed by atoms with van der Waals surface area (Å²) in [5, 5.41) is 3.02. The number of carbonyl (C=O) groups is 2. The van der Waals surface area contributed by atoms with Crippen LogP contribution < -0.4 is 5.32 Å². The van der Waals surface area contributed by atoms with Crippen LogP contribution in [-0.4, -0.2) is 70.7 Å². The highest BCUT2D eigenvalue weighted by Crippen LogP contribution is 2.21. The first kappa shape index (κ1) is 19.4. The molecule has 3 amide bonds. The van der Waals surface area contributed by atoms with Gasteiger partial charge in [0, 0.05) is 51.0 Å². The number of hydrogen-bond donors (Lipinski definition) is 1. The molecule has 29 heavy (non-hydrogen) atoms. The molecule has 1 aromatic carbocycles. The molecule has 0 spiro atoms. The molecule has 0 bridgehead atoms. The number of nitrogens with one attached hydrogen (secondary N) is 1. The largest absolute Gasteiger partial charge is 0.378 e. The van der Waals surface area contributed by atoms with Crippen molar-refractivity contribution >= 4 is 11.9 Å². The molecule has 2 saturated heterocycles. The second-order valence-electron chi connectivity index (χ2n) is 7.46. The number of hydrogen-bond acceptors (Lipinski definition) is 4. The molecule has 2 aliphatic heterocycles. The quantitative estimate of drug-likeness (QED) is 0.851. The summed E-state index contributed by atoms with van der Waals surface area (Å²) in [6, 6.07) is 7.86. The Hall–Kier alpha value is -2.87. The van der Waals surface area contributed by atoms with Gasteiger partial charge in [0.25, 0.3) is 0 Å². The lowest BCUT2D eigenvalue weighted by Crippen LogP contribution is -2.49. The molecule has 2 fully saturated rings. The number of morpholine rings is 1. The van der Waals surface area contributed by atoms with Crippen LogP contribution in [-0.2, 0) is 16.1 Å². The summed E-state index contributed by atoms with van der Waals surface area (Å²) in [7, 11) is 0. The van der Waals surface area contributed by atoms with Gasteiger partial charge in [-0.15, -0.1) is 0 Å². The van der Waals surface area contributed by atoms with E-state index in [1.54, 1.807) is 12.5 Å². The average molecular weight is 397 g/mol. The monoisotopic (exact) mass is 397 g/mol. The normalized spacial score (nSPS) is 17.9.